The molecule has 0 saturated heterocycles. The highest BCUT2D eigenvalue weighted by atomic mass is 127. The number of hydrogen-bond acceptors (Lipinski definition) is 2. The molecule has 62 valence electrons. The Morgan fingerprint density at radius 2 is 2.45 bits per heavy atom. The fraction of sp³-hybridized carbons (Fsp3) is 0.800. The van der Waals surface area contributed by atoms with Gasteiger partial charge in [-0.1, -0.05) is 27.7 Å². The summed E-state index contributed by atoms with van der Waals surface area (Å²) in [5.41, 5.74) is 7.89. The standard InChI is InChI=1S/C5H9IN4O/c6-4-5(11)8-2-1-3-9-10-7/h1-4H2,(H,8,11). The van der Waals surface area contributed by atoms with Crippen molar-refractivity contribution < 1.29 is 4.79 Å². The van der Waals surface area contributed by atoms with Gasteiger partial charge in [-0.05, 0) is 12.0 Å². The lowest BCUT2D eigenvalue weighted by atomic mass is 10.4. The van der Waals surface area contributed by atoms with Crippen LogP contribution < -0.4 is 5.32 Å². The van der Waals surface area contributed by atoms with Gasteiger partial charge in [0.05, 0.1) is 4.43 Å². The van der Waals surface area contributed by atoms with Gasteiger partial charge in [-0.2, -0.15) is 0 Å². The maximum atomic E-state index is 10.6. The van der Waals surface area contributed by atoms with E-state index in [2.05, 4.69) is 15.3 Å². The van der Waals surface area contributed by atoms with Crippen molar-refractivity contribution in [1.82, 2.24) is 5.32 Å². The minimum Gasteiger partial charge on any atom is -0.355 e. The Bertz CT molecular complexity index is 166. The summed E-state index contributed by atoms with van der Waals surface area (Å²) in [5.74, 6) is 0.0199. The van der Waals surface area contributed by atoms with E-state index in [1.807, 2.05) is 22.6 Å². The molecule has 0 fully saturated rings. The summed E-state index contributed by atoms with van der Waals surface area (Å²) in [4.78, 5) is 13.2. The number of alkyl halides is 1. The van der Waals surface area contributed by atoms with Crippen molar-refractivity contribution in [2.75, 3.05) is 17.5 Å². The fourth-order valence-corrected chi connectivity index (χ4v) is 0.739. The number of halogens is 1. The molecule has 0 saturated carbocycles. The van der Waals surface area contributed by atoms with Gasteiger partial charge in [0, 0.05) is 18.0 Å². The Balaban J connectivity index is 3.14. The molecule has 0 radical (unpaired) electrons. The Labute approximate surface area is 78.3 Å². The highest BCUT2D eigenvalue weighted by Crippen LogP contribution is 1.82. The van der Waals surface area contributed by atoms with Crippen molar-refractivity contribution in [3.8, 4) is 0 Å². The first-order valence-corrected chi connectivity index (χ1v) is 4.67. The maximum absolute atomic E-state index is 10.6. The summed E-state index contributed by atoms with van der Waals surface area (Å²) in [6.07, 6.45) is 0.701. The van der Waals surface area contributed by atoms with Crippen molar-refractivity contribution in [2.24, 2.45) is 5.11 Å². The lowest BCUT2D eigenvalue weighted by Gasteiger charge is -1.98. The summed E-state index contributed by atoms with van der Waals surface area (Å²) in [5, 5.41) is 5.98. The van der Waals surface area contributed by atoms with Gasteiger partial charge in [0.15, 0.2) is 0 Å². The summed E-state index contributed by atoms with van der Waals surface area (Å²) in [6, 6.07) is 0. The zero-order valence-electron chi connectivity index (χ0n) is 5.96. The van der Waals surface area contributed by atoms with Crippen LogP contribution in [0.1, 0.15) is 6.42 Å². The first kappa shape index (κ1) is 10.5. The first-order chi connectivity index (χ1) is 5.31. The molecule has 0 aromatic carbocycles. The van der Waals surface area contributed by atoms with Crippen LogP contribution in [0.2, 0.25) is 0 Å². The number of carbonyl (C=O) groups excluding carboxylic acids is 1. The number of hydrogen-bond donors (Lipinski definition) is 1. The molecule has 0 unspecified atom stereocenters. The second-order valence-electron chi connectivity index (χ2n) is 1.79. The molecule has 11 heavy (non-hydrogen) atoms. The van der Waals surface area contributed by atoms with Gasteiger partial charge in [-0.15, -0.1) is 0 Å². The average molecular weight is 268 g/mol. The Morgan fingerprint density at radius 3 is 3.00 bits per heavy atom. The van der Waals surface area contributed by atoms with E-state index in [4.69, 9.17) is 5.53 Å². The minimum atomic E-state index is 0.0199. The smallest absolute Gasteiger partial charge is 0.229 e. The topological polar surface area (TPSA) is 77.9 Å². The van der Waals surface area contributed by atoms with Crippen LogP contribution >= 0.6 is 22.6 Å². The number of carbonyl (C=O) groups is 1. The summed E-state index contributed by atoms with van der Waals surface area (Å²) in [7, 11) is 0. The van der Waals surface area contributed by atoms with Crippen LogP contribution in [-0.4, -0.2) is 23.4 Å². The lowest BCUT2D eigenvalue weighted by molar-refractivity contribution is -0.118. The molecule has 1 amide bonds. The van der Waals surface area contributed by atoms with Crippen LogP contribution in [0, 0.1) is 0 Å². The Hall–Kier alpha value is -0.490. The molecule has 1 N–H and O–H groups in total. The van der Waals surface area contributed by atoms with Crippen molar-refractivity contribution in [3.05, 3.63) is 10.4 Å². The molecule has 6 heteroatoms. The summed E-state index contributed by atoms with van der Waals surface area (Å²) in [6.45, 7) is 1.03. The van der Waals surface area contributed by atoms with Crippen molar-refractivity contribution in [3.63, 3.8) is 0 Å². The SMILES string of the molecule is [N-]=[N+]=NCCCNC(=O)CI. The quantitative estimate of drug-likeness (QED) is 0.200. The molecule has 0 bridgehead atoms. The van der Waals surface area contributed by atoms with Gasteiger partial charge in [-0.25, -0.2) is 0 Å². The van der Waals surface area contributed by atoms with Crippen molar-refractivity contribution in [1.29, 1.82) is 0 Å². The normalized spacial score (nSPS) is 8.45. The highest BCUT2D eigenvalue weighted by molar-refractivity contribution is 14.1. The Kier molecular flexibility index (Phi) is 7.28. The van der Waals surface area contributed by atoms with Gasteiger partial charge < -0.3 is 5.32 Å². The summed E-state index contributed by atoms with van der Waals surface area (Å²) < 4.78 is 0.472. The number of azide groups is 1. The third-order valence-electron chi connectivity index (χ3n) is 0.942. The first-order valence-electron chi connectivity index (χ1n) is 3.14. The van der Waals surface area contributed by atoms with Gasteiger partial charge >= 0.3 is 0 Å². The third kappa shape index (κ3) is 7.41. The van der Waals surface area contributed by atoms with E-state index in [1.54, 1.807) is 0 Å². The fourth-order valence-electron chi connectivity index (χ4n) is 0.470. The molecular weight excluding hydrogens is 259 g/mol. The monoisotopic (exact) mass is 268 g/mol. The summed E-state index contributed by atoms with van der Waals surface area (Å²) >= 11 is 1.99. The lowest BCUT2D eigenvalue weighted by Crippen LogP contribution is -2.25. The number of nitrogens with zero attached hydrogens (tertiary/aromatic N) is 3. The van der Waals surface area contributed by atoms with E-state index in [9.17, 15) is 4.79 Å². The predicted octanol–water partition coefficient (Wildman–Crippen LogP) is 1.24. The van der Waals surface area contributed by atoms with Crippen LogP contribution in [-0.2, 0) is 4.79 Å². The van der Waals surface area contributed by atoms with Crippen LogP contribution in [0.4, 0.5) is 0 Å². The van der Waals surface area contributed by atoms with Crippen LogP contribution in [0.5, 0.6) is 0 Å². The zero-order valence-corrected chi connectivity index (χ0v) is 8.11. The van der Waals surface area contributed by atoms with Crippen LogP contribution in [0.3, 0.4) is 0 Å². The van der Waals surface area contributed by atoms with E-state index in [1.165, 1.54) is 0 Å². The van der Waals surface area contributed by atoms with Gasteiger partial charge in [0.2, 0.25) is 5.91 Å². The number of rotatable bonds is 5. The second kappa shape index (κ2) is 7.62. The molecule has 0 aromatic rings. The molecule has 5 nitrogen and oxygen atoms in total. The highest BCUT2D eigenvalue weighted by Gasteiger charge is 1.94. The van der Waals surface area contributed by atoms with Crippen LogP contribution in [0.25, 0.3) is 10.4 Å². The van der Waals surface area contributed by atoms with E-state index in [-0.39, 0.29) is 5.91 Å². The largest absolute Gasteiger partial charge is 0.355 e. The molecule has 0 aliphatic carbocycles. The predicted molar refractivity (Wildman–Crippen MR) is 50.5 cm³/mol. The zero-order chi connectivity index (χ0) is 8.53. The molecule has 0 spiro atoms. The molecule has 0 aliphatic heterocycles. The molecule has 0 aromatic heterocycles. The van der Waals surface area contributed by atoms with E-state index in [0.717, 1.165) is 0 Å². The van der Waals surface area contributed by atoms with Gasteiger partial charge in [0.1, 0.15) is 0 Å². The Morgan fingerprint density at radius 1 is 1.73 bits per heavy atom. The van der Waals surface area contributed by atoms with Gasteiger partial charge in [-0.3, -0.25) is 4.79 Å². The second-order valence-corrected chi connectivity index (χ2v) is 2.55. The van der Waals surface area contributed by atoms with Crippen molar-refractivity contribution >= 4 is 28.5 Å². The molecule has 0 aliphatic rings. The van der Waals surface area contributed by atoms with E-state index >= 15 is 0 Å². The molecular formula is C5H9IN4O. The number of amides is 1. The van der Waals surface area contributed by atoms with Crippen molar-refractivity contribution in [2.45, 2.75) is 6.42 Å². The average Bonchev–Trinajstić information content (AvgIpc) is 2.04. The third-order valence-corrected chi connectivity index (χ3v) is 1.63. The maximum Gasteiger partial charge on any atom is 0.229 e. The van der Waals surface area contributed by atoms with E-state index < -0.39 is 0 Å². The molecule has 0 atom stereocenters. The van der Waals surface area contributed by atoms with Gasteiger partial charge in [0.25, 0.3) is 0 Å². The molecule has 0 heterocycles. The minimum absolute atomic E-state index is 0.0199. The van der Waals surface area contributed by atoms with E-state index in [0.29, 0.717) is 23.9 Å². The molecule has 0 rings (SSSR count). The van der Waals surface area contributed by atoms with Crippen LogP contribution in [0.15, 0.2) is 5.11 Å². The number of nitrogens with one attached hydrogen (secondary N) is 1.